The number of hydrogen-bond acceptors (Lipinski definition) is 3. The molecule has 1 aliphatic rings. The zero-order valence-electron chi connectivity index (χ0n) is 15.6. The standard InChI is InChI=1S/C22H20N2O3S/c1-15-11-12-16(2)19(13-15)23-22(25)14-24-20-9-5-3-7-17(20)18-8-4-6-10-21(18)28(24,26)27/h3-13H,14H2,1-2H3,(H,23,25). The number of nitrogens with zero attached hydrogens (tertiary/aromatic N) is 1. The lowest BCUT2D eigenvalue weighted by Gasteiger charge is -2.31. The zero-order valence-corrected chi connectivity index (χ0v) is 16.5. The van der Waals surface area contributed by atoms with Crippen LogP contribution < -0.4 is 9.62 Å². The summed E-state index contributed by atoms with van der Waals surface area (Å²) in [7, 11) is -3.83. The Morgan fingerprint density at radius 1 is 0.929 bits per heavy atom. The third kappa shape index (κ3) is 3.05. The van der Waals surface area contributed by atoms with E-state index in [1.807, 2.05) is 50.2 Å². The number of para-hydroxylation sites is 1. The lowest BCUT2D eigenvalue weighted by molar-refractivity contribution is -0.114. The molecule has 4 rings (SSSR count). The number of anilines is 2. The second-order valence-electron chi connectivity index (χ2n) is 6.89. The van der Waals surface area contributed by atoms with Gasteiger partial charge in [0.15, 0.2) is 0 Å². The summed E-state index contributed by atoms with van der Waals surface area (Å²) in [5.74, 6) is -0.383. The van der Waals surface area contributed by atoms with Crippen molar-refractivity contribution in [3.8, 4) is 11.1 Å². The molecule has 0 aliphatic carbocycles. The Morgan fingerprint density at radius 3 is 2.39 bits per heavy atom. The van der Waals surface area contributed by atoms with Gasteiger partial charge in [-0.15, -0.1) is 0 Å². The first-order valence-corrected chi connectivity index (χ1v) is 10.4. The molecule has 0 bridgehead atoms. The summed E-state index contributed by atoms with van der Waals surface area (Å²) in [6.45, 7) is 3.55. The van der Waals surface area contributed by atoms with Crippen LogP contribution in [0.15, 0.2) is 71.6 Å². The maximum Gasteiger partial charge on any atom is 0.265 e. The van der Waals surface area contributed by atoms with Crippen LogP contribution in [0.4, 0.5) is 11.4 Å². The summed E-state index contributed by atoms with van der Waals surface area (Å²) in [4.78, 5) is 13.0. The van der Waals surface area contributed by atoms with Crippen LogP contribution in [0.25, 0.3) is 11.1 Å². The highest BCUT2D eigenvalue weighted by atomic mass is 32.2. The number of amides is 1. The van der Waals surface area contributed by atoms with Crippen molar-refractivity contribution in [2.45, 2.75) is 18.7 Å². The van der Waals surface area contributed by atoms with Crippen LogP contribution in [0.5, 0.6) is 0 Å². The topological polar surface area (TPSA) is 66.5 Å². The van der Waals surface area contributed by atoms with E-state index >= 15 is 0 Å². The Morgan fingerprint density at radius 2 is 1.61 bits per heavy atom. The average Bonchev–Trinajstić information content (AvgIpc) is 2.68. The molecule has 0 aromatic heterocycles. The second kappa shape index (κ2) is 6.80. The van der Waals surface area contributed by atoms with Crippen molar-refractivity contribution in [3.05, 3.63) is 77.9 Å². The highest BCUT2D eigenvalue weighted by Crippen LogP contribution is 2.42. The van der Waals surface area contributed by atoms with Crippen molar-refractivity contribution in [2.24, 2.45) is 0 Å². The molecule has 1 amide bonds. The molecule has 0 saturated carbocycles. The number of fused-ring (bicyclic) bond motifs is 3. The van der Waals surface area contributed by atoms with E-state index in [-0.39, 0.29) is 17.3 Å². The summed E-state index contributed by atoms with van der Waals surface area (Å²) in [6, 6.07) is 19.9. The molecule has 0 saturated heterocycles. The van der Waals surface area contributed by atoms with Crippen LogP contribution in [-0.4, -0.2) is 20.9 Å². The predicted octanol–water partition coefficient (Wildman–Crippen LogP) is 4.12. The van der Waals surface area contributed by atoms with E-state index in [4.69, 9.17) is 0 Å². The fourth-order valence-electron chi connectivity index (χ4n) is 3.44. The molecule has 1 aliphatic heterocycles. The summed E-state index contributed by atoms with van der Waals surface area (Å²) in [6.07, 6.45) is 0. The minimum absolute atomic E-state index is 0.216. The van der Waals surface area contributed by atoms with Gasteiger partial charge < -0.3 is 5.32 Å². The summed E-state index contributed by atoms with van der Waals surface area (Å²) < 4.78 is 27.6. The lowest BCUT2D eigenvalue weighted by atomic mass is 10.0. The first-order valence-electron chi connectivity index (χ1n) is 8.96. The largest absolute Gasteiger partial charge is 0.324 e. The minimum Gasteiger partial charge on any atom is -0.324 e. The van der Waals surface area contributed by atoms with E-state index in [1.165, 1.54) is 4.31 Å². The highest BCUT2D eigenvalue weighted by Gasteiger charge is 2.35. The first kappa shape index (κ1) is 18.3. The molecular formula is C22H20N2O3S. The van der Waals surface area contributed by atoms with Crippen molar-refractivity contribution in [2.75, 3.05) is 16.2 Å². The van der Waals surface area contributed by atoms with Gasteiger partial charge in [0.2, 0.25) is 5.91 Å². The van der Waals surface area contributed by atoms with Gasteiger partial charge in [-0.2, -0.15) is 0 Å². The van der Waals surface area contributed by atoms with Crippen LogP contribution in [0, 0.1) is 13.8 Å². The molecule has 6 heteroatoms. The molecular weight excluding hydrogens is 372 g/mol. The summed E-state index contributed by atoms with van der Waals surface area (Å²) in [5, 5.41) is 2.85. The zero-order chi connectivity index (χ0) is 19.9. The van der Waals surface area contributed by atoms with Gasteiger partial charge in [0.1, 0.15) is 6.54 Å². The van der Waals surface area contributed by atoms with Crippen LogP contribution in [0.2, 0.25) is 0 Å². The molecule has 0 fully saturated rings. The number of benzene rings is 3. The van der Waals surface area contributed by atoms with E-state index < -0.39 is 10.0 Å². The van der Waals surface area contributed by atoms with Gasteiger partial charge in [0.05, 0.1) is 10.6 Å². The third-order valence-corrected chi connectivity index (χ3v) is 6.69. The molecule has 5 nitrogen and oxygen atoms in total. The van der Waals surface area contributed by atoms with Gasteiger partial charge in [0, 0.05) is 16.8 Å². The quantitative estimate of drug-likeness (QED) is 0.729. The van der Waals surface area contributed by atoms with Crippen molar-refractivity contribution < 1.29 is 13.2 Å². The van der Waals surface area contributed by atoms with Crippen molar-refractivity contribution in [1.82, 2.24) is 0 Å². The Labute approximate surface area is 164 Å². The smallest absolute Gasteiger partial charge is 0.265 e. The van der Waals surface area contributed by atoms with Crippen molar-refractivity contribution in [1.29, 1.82) is 0 Å². The van der Waals surface area contributed by atoms with Gasteiger partial charge in [-0.1, -0.05) is 48.5 Å². The molecule has 0 spiro atoms. The van der Waals surface area contributed by atoms with E-state index in [9.17, 15) is 13.2 Å². The maximum absolute atomic E-state index is 13.2. The first-order chi connectivity index (χ1) is 13.4. The van der Waals surface area contributed by atoms with Crippen LogP contribution in [-0.2, 0) is 14.8 Å². The molecule has 142 valence electrons. The van der Waals surface area contributed by atoms with E-state index in [0.717, 1.165) is 16.7 Å². The number of rotatable bonds is 3. The van der Waals surface area contributed by atoms with E-state index in [0.29, 0.717) is 16.9 Å². The number of hydrogen-bond donors (Lipinski definition) is 1. The molecule has 0 atom stereocenters. The summed E-state index contributed by atoms with van der Waals surface area (Å²) >= 11 is 0. The van der Waals surface area contributed by atoms with Gasteiger partial charge in [0.25, 0.3) is 10.0 Å². The van der Waals surface area contributed by atoms with Gasteiger partial charge >= 0.3 is 0 Å². The Kier molecular flexibility index (Phi) is 4.43. The van der Waals surface area contributed by atoms with Crippen LogP contribution in [0.1, 0.15) is 11.1 Å². The molecule has 1 heterocycles. The van der Waals surface area contributed by atoms with E-state index in [1.54, 1.807) is 30.3 Å². The van der Waals surface area contributed by atoms with Crippen LogP contribution >= 0.6 is 0 Å². The average molecular weight is 392 g/mol. The normalized spacial score (nSPS) is 14.1. The number of nitrogens with one attached hydrogen (secondary N) is 1. The predicted molar refractivity (Wildman–Crippen MR) is 111 cm³/mol. The Hall–Kier alpha value is -3.12. The van der Waals surface area contributed by atoms with E-state index in [2.05, 4.69) is 5.32 Å². The molecule has 0 radical (unpaired) electrons. The van der Waals surface area contributed by atoms with Gasteiger partial charge in [-0.3, -0.25) is 9.10 Å². The fourth-order valence-corrected chi connectivity index (χ4v) is 5.09. The second-order valence-corrected chi connectivity index (χ2v) is 8.72. The van der Waals surface area contributed by atoms with Gasteiger partial charge in [-0.05, 0) is 43.2 Å². The number of carbonyl (C=O) groups excluding carboxylic acids is 1. The molecule has 0 unspecified atom stereocenters. The third-order valence-electron chi connectivity index (χ3n) is 4.87. The van der Waals surface area contributed by atoms with Gasteiger partial charge in [-0.25, -0.2) is 8.42 Å². The fraction of sp³-hybridized carbons (Fsp3) is 0.136. The highest BCUT2D eigenvalue weighted by molar-refractivity contribution is 7.93. The minimum atomic E-state index is -3.83. The Bertz CT molecular complexity index is 1190. The lowest BCUT2D eigenvalue weighted by Crippen LogP contribution is -2.40. The van der Waals surface area contributed by atoms with Crippen molar-refractivity contribution in [3.63, 3.8) is 0 Å². The molecule has 28 heavy (non-hydrogen) atoms. The SMILES string of the molecule is Cc1ccc(C)c(NC(=O)CN2c3ccccc3-c3ccccc3S2(=O)=O)c1. The monoisotopic (exact) mass is 392 g/mol. The number of sulfonamides is 1. The molecule has 3 aromatic carbocycles. The number of aryl methyl sites for hydroxylation is 2. The Balaban J connectivity index is 1.71. The van der Waals surface area contributed by atoms with Crippen LogP contribution in [0.3, 0.4) is 0 Å². The summed E-state index contributed by atoms with van der Waals surface area (Å²) in [5.41, 5.74) is 4.60. The maximum atomic E-state index is 13.2. The molecule has 3 aromatic rings. The number of carbonyl (C=O) groups is 1. The molecule has 1 N–H and O–H groups in total. The van der Waals surface area contributed by atoms with Crippen molar-refractivity contribution >= 4 is 27.3 Å².